The average molecular weight is 468 g/mol. The fourth-order valence-corrected chi connectivity index (χ4v) is 3.78. The van der Waals surface area contributed by atoms with Gasteiger partial charge in [0.25, 0.3) is 11.6 Å². The number of likely N-dealkylation sites (N-methyl/N-ethyl adjacent to an activating group) is 1. The smallest absolute Gasteiger partial charge is 0.294 e. The van der Waals surface area contributed by atoms with E-state index in [9.17, 15) is 14.9 Å². The minimum Gasteiger partial charge on any atom is -0.363 e. The molecule has 1 aliphatic heterocycles. The molecular weight excluding hydrogens is 448 g/mol. The quantitative estimate of drug-likeness (QED) is 0.521. The van der Waals surface area contributed by atoms with Crippen molar-refractivity contribution in [3.63, 3.8) is 0 Å². The van der Waals surface area contributed by atoms with Crippen LogP contribution in [0.4, 0.5) is 17.1 Å². The van der Waals surface area contributed by atoms with Crippen molar-refractivity contribution in [2.24, 2.45) is 0 Å². The van der Waals surface area contributed by atoms with Crippen LogP contribution in [0.5, 0.6) is 0 Å². The van der Waals surface area contributed by atoms with Crippen LogP contribution in [0.15, 0.2) is 40.9 Å². The molecule has 7 nitrogen and oxygen atoms in total. The molecule has 1 heterocycles. The molecule has 0 bridgehead atoms. The summed E-state index contributed by atoms with van der Waals surface area (Å²) in [6.07, 6.45) is 0. The number of nitrogens with zero attached hydrogens (tertiary/aromatic N) is 3. The third-order valence-corrected chi connectivity index (χ3v) is 5.56. The lowest BCUT2D eigenvalue weighted by atomic mass is 10.1. The standard InChI is InChI=1S/C19H20BrClN4O3/c1-2-23-6-8-24(9-7-23)17-12-16(15(21)11-18(17)25(27)28)22-19(26)13-4-3-5-14(20)10-13/h3-5,10-12H,2,6-9H2,1H3,(H,22,26). The van der Waals surface area contributed by atoms with E-state index in [4.69, 9.17) is 11.6 Å². The first-order valence-electron chi connectivity index (χ1n) is 8.91. The Morgan fingerprint density at radius 2 is 1.96 bits per heavy atom. The second-order valence-corrected chi connectivity index (χ2v) is 7.79. The number of hydrogen-bond acceptors (Lipinski definition) is 5. The number of nitro benzene ring substituents is 1. The van der Waals surface area contributed by atoms with Gasteiger partial charge in [0.2, 0.25) is 0 Å². The molecule has 1 N–H and O–H groups in total. The van der Waals surface area contributed by atoms with E-state index in [1.165, 1.54) is 6.07 Å². The summed E-state index contributed by atoms with van der Waals surface area (Å²) in [5, 5.41) is 14.4. The van der Waals surface area contributed by atoms with E-state index in [1.54, 1.807) is 24.3 Å². The molecule has 0 aliphatic carbocycles. The highest BCUT2D eigenvalue weighted by atomic mass is 79.9. The molecule has 0 radical (unpaired) electrons. The van der Waals surface area contributed by atoms with Crippen LogP contribution in [0, 0.1) is 10.1 Å². The minimum atomic E-state index is -0.437. The van der Waals surface area contributed by atoms with E-state index < -0.39 is 4.92 Å². The van der Waals surface area contributed by atoms with Gasteiger partial charge in [-0.2, -0.15) is 0 Å². The van der Waals surface area contributed by atoms with Gasteiger partial charge >= 0.3 is 0 Å². The zero-order valence-electron chi connectivity index (χ0n) is 15.3. The topological polar surface area (TPSA) is 78.7 Å². The van der Waals surface area contributed by atoms with E-state index in [-0.39, 0.29) is 16.6 Å². The maximum absolute atomic E-state index is 12.6. The Morgan fingerprint density at radius 1 is 1.25 bits per heavy atom. The summed E-state index contributed by atoms with van der Waals surface area (Å²) in [4.78, 5) is 27.9. The van der Waals surface area contributed by atoms with Gasteiger partial charge in [0.15, 0.2) is 0 Å². The lowest BCUT2D eigenvalue weighted by molar-refractivity contribution is -0.384. The Labute approximate surface area is 176 Å². The number of piperazine rings is 1. The predicted octanol–water partition coefficient (Wildman–Crippen LogP) is 4.40. The molecule has 3 rings (SSSR count). The fourth-order valence-electron chi connectivity index (χ4n) is 3.18. The maximum Gasteiger partial charge on any atom is 0.294 e. The van der Waals surface area contributed by atoms with Crippen molar-refractivity contribution < 1.29 is 9.72 Å². The summed E-state index contributed by atoms with van der Waals surface area (Å²) in [5.74, 6) is -0.334. The van der Waals surface area contributed by atoms with Crippen molar-refractivity contribution in [1.29, 1.82) is 0 Å². The van der Waals surface area contributed by atoms with Gasteiger partial charge in [-0.1, -0.05) is 40.5 Å². The average Bonchev–Trinajstić information content (AvgIpc) is 2.69. The minimum absolute atomic E-state index is 0.0598. The number of carbonyl (C=O) groups excluding carboxylic acids is 1. The third kappa shape index (κ3) is 4.63. The number of benzene rings is 2. The molecule has 1 saturated heterocycles. The molecule has 0 aromatic heterocycles. The molecule has 0 spiro atoms. The first kappa shape index (κ1) is 20.6. The monoisotopic (exact) mass is 466 g/mol. The maximum atomic E-state index is 12.6. The number of rotatable bonds is 5. The first-order valence-corrected chi connectivity index (χ1v) is 10.1. The number of amides is 1. The van der Waals surface area contributed by atoms with Crippen LogP contribution in [0.3, 0.4) is 0 Å². The van der Waals surface area contributed by atoms with Crippen molar-refractivity contribution in [3.8, 4) is 0 Å². The Hall–Kier alpha value is -2.16. The van der Waals surface area contributed by atoms with Crippen LogP contribution < -0.4 is 10.2 Å². The van der Waals surface area contributed by atoms with Gasteiger partial charge in [0.05, 0.1) is 15.6 Å². The molecule has 9 heteroatoms. The van der Waals surface area contributed by atoms with Gasteiger partial charge < -0.3 is 15.1 Å². The van der Waals surface area contributed by atoms with E-state index in [0.717, 1.165) is 24.1 Å². The highest BCUT2D eigenvalue weighted by molar-refractivity contribution is 9.10. The third-order valence-electron chi connectivity index (χ3n) is 4.76. The summed E-state index contributed by atoms with van der Waals surface area (Å²) >= 11 is 9.58. The number of anilines is 2. The molecular formula is C19H20BrClN4O3. The first-order chi connectivity index (χ1) is 13.4. The van der Waals surface area contributed by atoms with Crippen molar-refractivity contribution in [3.05, 3.63) is 61.6 Å². The zero-order chi connectivity index (χ0) is 20.3. The normalized spacial score (nSPS) is 14.8. The largest absolute Gasteiger partial charge is 0.363 e. The van der Waals surface area contributed by atoms with Crippen molar-refractivity contribution >= 4 is 50.5 Å². The van der Waals surface area contributed by atoms with E-state index in [1.807, 2.05) is 11.0 Å². The molecule has 0 unspecified atom stereocenters. The highest BCUT2D eigenvalue weighted by Gasteiger charge is 2.25. The number of nitro groups is 1. The van der Waals surface area contributed by atoms with Gasteiger partial charge in [-0.25, -0.2) is 0 Å². The SMILES string of the molecule is CCN1CCN(c2cc(NC(=O)c3cccc(Br)c3)c(Cl)cc2[N+](=O)[O-])CC1. The van der Waals surface area contributed by atoms with Crippen molar-refractivity contribution in [2.45, 2.75) is 6.92 Å². The van der Waals surface area contributed by atoms with Crippen molar-refractivity contribution in [2.75, 3.05) is 42.9 Å². The predicted molar refractivity (Wildman–Crippen MR) is 115 cm³/mol. The summed E-state index contributed by atoms with van der Waals surface area (Å²) in [6.45, 7) is 6.05. The summed E-state index contributed by atoms with van der Waals surface area (Å²) in [7, 11) is 0. The van der Waals surface area contributed by atoms with E-state index in [0.29, 0.717) is 30.0 Å². The zero-order valence-corrected chi connectivity index (χ0v) is 17.7. The summed E-state index contributed by atoms with van der Waals surface area (Å²) in [6, 6.07) is 9.86. The van der Waals surface area contributed by atoms with Gasteiger partial charge in [0, 0.05) is 42.3 Å². The number of carbonyl (C=O) groups is 1. The number of halogens is 2. The lowest BCUT2D eigenvalue weighted by Crippen LogP contribution is -2.46. The van der Waals surface area contributed by atoms with Crippen LogP contribution in [0.1, 0.15) is 17.3 Å². The molecule has 148 valence electrons. The Bertz CT molecular complexity index is 901. The molecule has 0 atom stereocenters. The Balaban J connectivity index is 1.90. The second kappa shape index (κ2) is 8.89. The molecule has 0 saturated carbocycles. The Morgan fingerprint density at radius 3 is 2.57 bits per heavy atom. The van der Waals surface area contributed by atoms with E-state index >= 15 is 0 Å². The van der Waals surface area contributed by atoms with Crippen LogP contribution in [0.25, 0.3) is 0 Å². The molecule has 1 fully saturated rings. The molecule has 1 aliphatic rings. The molecule has 2 aromatic rings. The van der Waals surface area contributed by atoms with Crippen LogP contribution in [-0.2, 0) is 0 Å². The molecule has 2 aromatic carbocycles. The number of hydrogen-bond donors (Lipinski definition) is 1. The van der Waals surface area contributed by atoms with Gasteiger partial charge in [0.1, 0.15) is 5.69 Å². The summed E-state index contributed by atoms with van der Waals surface area (Å²) in [5.41, 5.74) is 1.22. The van der Waals surface area contributed by atoms with Crippen LogP contribution >= 0.6 is 27.5 Å². The number of nitrogens with one attached hydrogen (secondary N) is 1. The van der Waals surface area contributed by atoms with Gasteiger partial charge in [-0.15, -0.1) is 0 Å². The summed E-state index contributed by atoms with van der Waals surface area (Å²) < 4.78 is 0.782. The van der Waals surface area contributed by atoms with Crippen LogP contribution in [0.2, 0.25) is 5.02 Å². The fraction of sp³-hybridized carbons (Fsp3) is 0.316. The second-order valence-electron chi connectivity index (χ2n) is 6.46. The molecule has 1 amide bonds. The lowest BCUT2D eigenvalue weighted by Gasteiger charge is -2.35. The van der Waals surface area contributed by atoms with Crippen molar-refractivity contribution in [1.82, 2.24) is 4.90 Å². The van der Waals surface area contributed by atoms with Crippen LogP contribution in [-0.4, -0.2) is 48.5 Å². The molecule has 28 heavy (non-hydrogen) atoms. The van der Waals surface area contributed by atoms with Gasteiger partial charge in [-0.3, -0.25) is 14.9 Å². The Kier molecular flexibility index (Phi) is 6.53. The van der Waals surface area contributed by atoms with Gasteiger partial charge in [-0.05, 0) is 30.8 Å². The van der Waals surface area contributed by atoms with E-state index in [2.05, 4.69) is 33.1 Å². The highest BCUT2D eigenvalue weighted by Crippen LogP contribution is 2.37.